The summed E-state index contributed by atoms with van der Waals surface area (Å²) in [5, 5.41) is 22.1. The zero-order chi connectivity index (χ0) is 31.9. The number of aromatic hydroxyl groups is 1. The first-order valence-electron chi connectivity index (χ1n) is 15.0. The molecule has 236 valence electrons. The van der Waals surface area contributed by atoms with Gasteiger partial charge in [-0.3, -0.25) is 4.90 Å². The lowest BCUT2D eigenvalue weighted by atomic mass is 9.93. The Morgan fingerprint density at radius 1 is 1.13 bits per heavy atom. The van der Waals surface area contributed by atoms with Crippen LogP contribution in [0.25, 0.3) is 32.8 Å². The lowest BCUT2D eigenvalue weighted by molar-refractivity contribution is -0.0123. The number of fused-ring (bicyclic) bond motifs is 3. The minimum atomic E-state index is -1.14. The molecule has 0 aliphatic carbocycles. The van der Waals surface area contributed by atoms with Crippen molar-refractivity contribution in [3.63, 3.8) is 0 Å². The molecule has 3 aromatic carbocycles. The molecule has 0 spiro atoms. The number of anilines is 1. The van der Waals surface area contributed by atoms with Crippen LogP contribution in [0.5, 0.6) is 11.8 Å². The van der Waals surface area contributed by atoms with E-state index < -0.39 is 23.4 Å². The molecule has 11 heteroatoms. The number of phenolic OH excluding ortho intramolecular Hbond substituents is 1. The molecule has 3 unspecified atom stereocenters. The Hall–Kier alpha value is -4.11. The largest absolute Gasteiger partial charge is 0.508 e. The van der Waals surface area contributed by atoms with Crippen LogP contribution >= 0.6 is 0 Å². The van der Waals surface area contributed by atoms with E-state index in [4.69, 9.17) is 15.9 Å². The number of benzene rings is 3. The van der Waals surface area contributed by atoms with Gasteiger partial charge in [-0.05, 0) is 67.9 Å². The van der Waals surface area contributed by atoms with E-state index in [0.717, 1.165) is 13.0 Å². The summed E-state index contributed by atoms with van der Waals surface area (Å²) in [5.74, 6) is 1.25. The van der Waals surface area contributed by atoms with E-state index in [0.29, 0.717) is 47.7 Å². The monoisotopic (exact) mass is 620 g/mol. The van der Waals surface area contributed by atoms with E-state index in [1.807, 2.05) is 0 Å². The van der Waals surface area contributed by atoms with Gasteiger partial charge in [0.05, 0.1) is 32.4 Å². The Balaban J connectivity index is 0.000000337. The van der Waals surface area contributed by atoms with E-state index in [2.05, 4.69) is 20.8 Å². The van der Waals surface area contributed by atoms with Gasteiger partial charge in [-0.1, -0.05) is 18.1 Å². The molecule has 4 aromatic rings. The van der Waals surface area contributed by atoms with Crippen LogP contribution in [-0.4, -0.2) is 89.4 Å². The molecule has 4 heterocycles. The summed E-state index contributed by atoms with van der Waals surface area (Å²) >= 11 is 0. The maximum atomic E-state index is 16.2. The number of hydrogen-bond acceptors (Lipinski definition) is 8. The molecule has 0 radical (unpaired) electrons. The van der Waals surface area contributed by atoms with Crippen LogP contribution in [0.4, 0.5) is 19.0 Å². The van der Waals surface area contributed by atoms with Gasteiger partial charge in [-0.15, -0.1) is 6.42 Å². The molecule has 3 atom stereocenters. The second-order valence-electron chi connectivity index (χ2n) is 12.1. The molecule has 3 fully saturated rings. The lowest BCUT2D eigenvalue weighted by Gasteiger charge is -2.29. The van der Waals surface area contributed by atoms with Crippen LogP contribution in [0.1, 0.15) is 31.7 Å². The first-order valence-corrected chi connectivity index (χ1v) is 15.0. The van der Waals surface area contributed by atoms with Crippen LogP contribution in [0, 0.1) is 24.0 Å². The standard InChI is InChI=1S/C27H23F2N3O4.C7H12FN/c1-4-17-21(28)8-5-15-11-16(33)12-20(22(15)17)18-6-7-19-24(23(18)29)30-26(35-3)31-25(19)32-9-10-36-14-27(2,34)13-32;8-6-4-7-2-1-3-9(7)5-6/h1,5-8,11-12,33-34H,9-10,13-14H2,2-3H3;6-7H,1-5H2. The molecule has 0 saturated carbocycles. The highest BCUT2D eigenvalue weighted by Crippen LogP contribution is 2.40. The van der Waals surface area contributed by atoms with Crippen molar-refractivity contribution >= 4 is 27.5 Å². The first kappa shape index (κ1) is 30.9. The summed E-state index contributed by atoms with van der Waals surface area (Å²) in [7, 11) is 1.37. The van der Waals surface area contributed by atoms with Crippen molar-refractivity contribution in [1.29, 1.82) is 0 Å². The summed E-state index contributed by atoms with van der Waals surface area (Å²) in [5.41, 5.74) is -0.912. The molecule has 7 rings (SSSR count). The molecule has 2 N–H and O–H groups in total. The van der Waals surface area contributed by atoms with Crippen molar-refractivity contribution in [2.24, 2.45) is 0 Å². The molecule has 1 aromatic heterocycles. The van der Waals surface area contributed by atoms with Crippen molar-refractivity contribution in [2.75, 3.05) is 51.4 Å². The average molecular weight is 621 g/mol. The molecule has 3 saturated heterocycles. The number of aliphatic hydroxyl groups is 1. The van der Waals surface area contributed by atoms with Crippen molar-refractivity contribution in [2.45, 2.75) is 44.0 Å². The maximum absolute atomic E-state index is 16.2. The SMILES string of the molecule is C#Cc1c(F)ccc2cc(O)cc(-c3ccc4c(N5CCOCC(C)(O)C5)nc(OC)nc4c3F)c12.FC1CC2CCCN2C1. The molecule has 3 aliphatic rings. The predicted octanol–water partition coefficient (Wildman–Crippen LogP) is 5.20. The van der Waals surface area contributed by atoms with Gasteiger partial charge in [0.25, 0.3) is 0 Å². The number of halogens is 3. The van der Waals surface area contributed by atoms with E-state index >= 15 is 4.39 Å². The number of alkyl halides is 1. The second kappa shape index (κ2) is 12.4. The minimum Gasteiger partial charge on any atom is -0.508 e. The highest BCUT2D eigenvalue weighted by molar-refractivity contribution is 6.04. The lowest BCUT2D eigenvalue weighted by Crippen LogP contribution is -2.42. The van der Waals surface area contributed by atoms with Gasteiger partial charge in [0, 0.05) is 35.5 Å². The highest BCUT2D eigenvalue weighted by atomic mass is 19.1. The van der Waals surface area contributed by atoms with Gasteiger partial charge in [-0.25, -0.2) is 13.2 Å². The molecule has 45 heavy (non-hydrogen) atoms. The van der Waals surface area contributed by atoms with E-state index in [-0.39, 0.29) is 47.1 Å². The average Bonchev–Trinajstić information content (AvgIpc) is 3.53. The summed E-state index contributed by atoms with van der Waals surface area (Å²) in [6, 6.07) is 9.18. The molecular weight excluding hydrogens is 585 g/mol. The molecule has 8 nitrogen and oxygen atoms in total. The Morgan fingerprint density at radius 2 is 1.96 bits per heavy atom. The normalized spacial score (nSPS) is 23.4. The van der Waals surface area contributed by atoms with Crippen LogP contribution in [0.3, 0.4) is 0 Å². The van der Waals surface area contributed by atoms with Crippen LogP contribution in [0.15, 0.2) is 36.4 Å². The quantitative estimate of drug-likeness (QED) is 0.302. The number of rotatable bonds is 3. The number of nitrogens with zero attached hydrogens (tertiary/aromatic N) is 4. The molecule has 0 bridgehead atoms. The van der Waals surface area contributed by atoms with Gasteiger partial charge >= 0.3 is 6.01 Å². The number of aromatic nitrogens is 2. The van der Waals surface area contributed by atoms with Crippen molar-refractivity contribution in [3.8, 4) is 35.2 Å². The van der Waals surface area contributed by atoms with Crippen LogP contribution in [0.2, 0.25) is 0 Å². The first-order chi connectivity index (χ1) is 21.6. The van der Waals surface area contributed by atoms with Crippen molar-refractivity contribution in [1.82, 2.24) is 14.9 Å². The number of ether oxygens (including phenoxy) is 2. The van der Waals surface area contributed by atoms with Gasteiger partial charge in [0.15, 0.2) is 5.82 Å². The van der Waals surface area contributed by atoms with Gasteiger partial charge in [-0.2, -0.15) is 9.97 Å². The molecule has 0 amide bonds. The Labute approximate surface area is 259 Å². The Bertz CT molecular complexity index is 1780. The Kier molecular flexibility index (Phi) is 8.48. The summed E-state index contributed by atoms with van der Waals surface area (Å²) in [4.78, 5) is 12.8. The maximum Gasteiger partial charge on any atom is 0.318 e. The second-order valence-corrected chi connectivity index (χ2v) is 12.1. The third-order valence-corrected chi connectivity index (χ3v) is 8.64. The minimum absolute atomic E-state index is 0.0326. The fraction of sp³-hybridized carbons (Fsp3) is 0.412. The van der Waals surface area contributed by atoms with Gasteiger partial charge < -0.3 is 24.6 Å². The van der Waals surface area contributed by atoms with Crippen molar-refractivity contribution < 1.29 is 32.9 Å². The molecule has 3 aliphatic heterocycles. The van der Waals surface area contributed by atoms with E-state index in [9.17, 15) is 19.0 Å². The molecular formula is C34H35F3N4O4. The van der Waals surface area contributed by atoms with E-state index in [1.54, 1.807) is 17.9 Å². The third-order valence-electron chi connectivity index (χ3n) is 8.64. The summed E-state index contributed by atoms with van der Waals surface area (Å²) < 4.78 is 54.1. The number of β-amino-alcohol motifs (C(OH)–C–C–N with tert-alkyl or cyclic N) is 1. The number of phenols is 1. The van der Waals surface area contributed by atoms with Crippen molar-refractivity contribution in [3.05, 3.63) is 53.6 Å². The fourth-order valence-corrected chi connectivity index (χ4v) is 6.65. The smallest absolute Gasteiger partial charge is 0.318 e. The van der Waals surface area contributed by atoms with Gasteiger partial charge in [0.2, 0.25) is 0 Å². The number of hydrogen-bond donors (Lipinski definition) is 2. The van der Waals surface area contributed by atoms with E-state index in [1.165, 1.54) is 50.3 Å². The topological polar surface area (TPSA) is 91.2 Å². The fourth-order valence-electron chi connectivity index (χ4n) is 6.65. The number of methoxy groups -OCH3 is 1. The Morgan fingerprint density at radius 3 is 2.71 bits per heavy atom. The summed E-state index contributed by atoms with van der Waals surface area (Å²) in [6.45, 7) is 4.63. The highest BCUT2D eigenvalue weighted by Gasteiger charge is 2.35. The van der Waals surface area contributed by atoms with Gasteiger partial charge in [0.1, 0.15) is 34.7 Å². The zero-order valence-corrected chi connectivity index (χ0v) is 25.2. The summed E-state index contributed by atoms with van der Waals surface area (Å²) in [6.07, 6.45) is 8.40. The third kappa shape index (κ3) is 6.10. The zero-order valence-electron chi connectivity index (χ0n) is 25.2. The number of terminal acetylenes is 1. The van der Waals surface area contributed by atoms with Crippen LogP contribution in [-0.2, 0) is 4.74 Å². The predicted molar refractivity (Wildman–Crippen MR) is 166 cm³/mol. The van der Waals surface area contributed by atoms with Crippen LogP contribution < -0.4 is 9.64 Å².